The van der Waals surface area contributed by atoms with Gasteiger partial charge in [-0.2, -0.15) is 0 Å². The van der Waals surface area contributed by atoms with Gasteiger partial charge < -0.3 is 19.5 Å². The van der Waals surface area contributed by atoms with Gasteiger partial charge in [0, 0.05) is 12.1 Å². The van der Waals surface area contributed by atoms with Gasteiger partial charge >= 0.3 is 0 Å². The van der Waals surface area contributed by atoms with Crippen molar-refractivity contribution in [3.63, 3.8) is 0 Å². The molecule has 0 aromatic heterocycles. The zero-order chi connectivity index (χ0) is 25.7. The summed E-state index contributed by atoms with van der Waals surface area (Å²) in [6.07, 6.45) is 3.27. The van der Waals surface area contributed by atoms with Gasteiger partial charge in [-0.25, -0.2) is 0 Å². The van der Waals surface area contributed by atoms with E-state index in [1.807, 2.05) is 64.1 Å². The second kappa shape index (κ2) is 11.3. The number of aryl methyl sites for hydroxylation is 1. The number of aliphatic hydroxyl groups excluding tert-OH is 1. The van der Waals surface area contributed by atoms with Crippen LogP contribution in [0.25, 0.3) is 5.76 Å². The number of ether oxygens (including phenoxy) is 2. The number of carbonyl (C=O) groups is 2. The Balaban J connectivity index is 2.22. The van der Waals surface area contributed by atoms with Crippen molar-refractivity contribution >= 4 is 17.4 Å². The summed E-state index contributed by atoms with van der Waals surface area (Å²) in [5, 5.41) is 11.5. The molecule has 1 N–H and O–H groups in total. The third kappa shape index (κ3) is 5.26. The van der Waals surface area contributed by atoms with Crippen molar-refractivity contribution in [2.45, 2.75) is 52.5 Å². The highest BCUT2D eigenvalue weighted by molar-refractivity contribution is 6.46. The summed E-state index contributed by atoms with van der Waals surface area (Å²) in [7, 11) is 1.61. The Morgan fingerprint density at radius 3 is 2.60 bits per heavy atom. The molecule has 1 aliphatic heterocycles. The Bertz CT molecular complexity index is 1150. The van der Waals surface area contributed by atoms with Crippen LogP contribution in [0.1, 0.15) is 67.8 Å². The number of rotatable bonds is 10. The van der Waals surface area contributed by atoms with Crippen LogP contribution < -0.4 is 9.47 Å². The van der Waals surface area contributed by atoms with E-state index in [9.17, 15) is 14.7 Å². The summed E-state index contributed by atoms with van der Waals surface area (Å²) in [6.45, 7) is 12.4. The van der Waals surface area contributed by atoms with Gasteiger partial charge in [0.05, 0.1) is 18.7 Å². The highest BCUT2D eigenvalue weighted by Crippen LogP contribution is 2.42. The highest BCUT2D eigenvalue weighted by atomic mass is 16.5. The second-order valence-electron chi connectivity index (χ2n) is 9.08. The molecule has 0 spiro atoms. The third-order valence-corrected chi connectivity index (χ3v) is 6.29. The average Bonchev–Trinajstić information content (AvgIpc) is 3.10. The van der Waals surface area contributed by atoms with Crippen LogP contribution in [0.3, 0.4) is 0 Å². The fraction of sp³-hybridized carbons (Fsp3) is 0.379. The van der Waals surface area contributed by atoms with E-state index in [-0.39, 0.29) is 17.3 Å². The molecule has 1 saturated heterocycles. The van der Waals surface area contributed by atoms with Gasteiger partial charge in [0.25, 0.3) is 11.7 Å². The molecule has 1 heterocycles. The zero-order valence-electron chi connectivity index (χ0n) is 21.3. The van der Waals surface area contributed by atoms with Crippen molar-refractivity contribution in [1.82, 2.24) is 4.90 Å². The first-order valence-corrected chi connectivity index (χ1v) is 12.1. The molecule has 186 valence electrons. The van der Waals surface area contributed by atoms with E-state index in [1.165, 1.54) is 0 Å². The first-order valence-electron chi connectivity index (χ1n) is 12.1. The van der Waals surface area contributed by atoms with Crippen molar-refractivity contribution in [2.75, 3.05) is 20.3 Å². The number of hydrogen-bond acceptors (Lipinski definition) is 5. The van der Waals surface area contributed by atoms with Gasteiger partial charge in [0.2, 0.25) is 0 Å². The molecule has 35 heavy (non-hydrogen) atoms. The number of nitrogens with zero attached hydrogens (tertiary/aromatic N) is 1. The number of amides is 1. The van der Waals surface area contributed by atoms with E-state index in [2.05, 4.69) is 6.58 Å². The fourth-order valence-electron chi connectivity index (χ4n) is 4.44. The average molecular weight is 478 g/mol. The van der Waals surface area contributed by atoms with Crippen LogP contribution in [0.5, 0.6) is 11.5 Å². The van der Waals surface area contributed by atoms with Crippen LogP contribution in [-0.2, 0) is 9.59 Å². The molecule has 0 aliphatic carbocycles. The number of hydrogen-bond donors (Lipinski definition) is 1. The molecular weight excluding hydrogens is 442 g/mol. The predicted molar refractivity (Wildman–Crippen MR) is 138 cm³/mol. The number of ketones is 1. The fourth-order valence-corrected chi connectivity index (χ4v) is 4.44. The number of carbonyl (C=O) groups excluding carboxylic acids is 2. The van der Waals surface area contributed by atoms with Crippen molar-refractivity contribution < 1.29 is 24.2 Å². The van der Waals surface area contributed by atoms with Gasteiger partial charge in [-0.05, 0) is 60.2 Å². The Morgan fingerprint density at radius 2 is 1.97 bits per heavy atom. The Kier molecular flexibility index (Phi) is 8.39. The number of methoxy groups -OCH3 is 1. The van der Waals surface area contributed by atoms with Gasteiger partial charge in [-0.3, -0.25) is 9.59 Å². The largest absolute Gasteiger partial charge is 0.507 e. The van der Waals surface area contributed by atoms with E-state index < -0.39 is 17.7 Å². The summed E-state index contributed by atoms with van der Waals surface area (Å²) in [4.78, 5) is 28.0. The minimum Gasteiger partial charge on any atom is -0.507 e. The molecule has 1 aliphatic rings. The lowest BCUT2D eigenvalue weighted by atomic mass is 9.91. The topological polar surface area (TPSA) is 76.1 Å². The van der Waals surface area contributed by atoms with Gasteiger partial charge in [0.1, 0.15) is 23.9 Å². The molecule has 1 amide bonds. The van der Waals surface area contributed by atoms with Crippen LogP contribution in [0.15, 0.2) is 54.6 Å². The van der Waals surface area contributed by atoms with Gasteiger partial charge in [0.15, 0.2) is 0 Å². The van der Waals surface area contributed by atoms with Crippen molar-refractivity contribution in [3.8, 4) is 11.5 Å². The van der Waals surface area contributed by atoms with Gasteiger partial charge in [-0.1, -0.05) is 52.0 Å². The molecule has 6 nitrogen and oxygen atoms in total. The summed E-state index contributed by atoms with van der Waals surface area (Å²) < 4.78 is 11.2. The number of benzene rings is 2. The summed E-state index contributed by atoms with van der Waals surface area (Å²) in [6, 6.07) is 10.3. The highest BCUT2D eigenvalue weighted by Gasteiger charge is 2.46. The monoisotopic (exact) mass is 477 g/mol. The first-order chi connectivity index (χ1) is 16.7. The van der Waals surface area contributed by atoms with Crippen LogP contribution in [-0.4, -0.2) is 42.0 Å². The number of Topliss-reactive ketones (excluding diaryl/α,β-unsaturated/α-hetero) is 1. The normalized spacial score (nSPS) is 17.2. The van der Waals surface area contributed by atoms with E-state index in [1.54, 1.807) is 18.1 Å². The Morgan fingerprint density at radius 1 is 1.23 bits per heavy atom. The molecule has 0 bridgehead atoms. The molecule has 1 atom stereocenters. The van der Waals surface area contributed by atoms with Crippen LogP contribution in [0, 0.1) is 6.92 Å². The van der Waals surface area contributed by atoms with E-state index in [0.29, 0.717) is 30.0 Å². The molecule has 2 aromatic rings. The summed E-state index contributed by atoms with van der Waals surface area (Å²) in [5.41, 5.74) is 2.99. The molecular formula is C29H35NO5. The van der Waals surface area contributed by atoms with Gasteiger partial charge in [-0.15, -0.1) is 0 Å². The maximum atomic E-state index is 13.3. The van der Waals surface area contributed by atoms with E-state index >= 15 is 0 Å². The van der Waals surface area contributed by atoms with E-state index in [4.69, 9.17) is 9.47 Å². The van der Waals surface area contributed by atoms with Crippen LogP contribution in [0.2, 0.25) is 0 Å². The van der Waals surface area contributed by atoms with Crippen LogP contribution in [0.4, 0.5) is 0 Å². The minimum absolute atomic E-state index is 0.0925. The Labute approximate surface area is 207 Å². The smallest absolute Gasteiger partial charge is 0.295 e. The molecule has 0 radical (unpaired) electrons. The predicted octanol–water partition coefficient (Wildman–Crippen LogP) is 5.91. The Hall–Kier alpha value is -3.54. The minimum atomic E-state index is -0.710. The maximum Gasteiger partial charge on any atom is 0.295 e. The second-order valence-corrected chi connectivity index (χ2v) is 9.08. The number of unbranched alkanes of at least 4 members (excludes halogenated alkanes) is 1. The third-order valence-electron chi connectivity index (χ3n) is 6.29. The molecule has 3 rings (SSSR count). The zero-order valence-corrected chi connectivity index (χ0v) is 21.3. The SMILES string of the molecule is C=CCOc1cccc(C2/C(=C(\O)c3cc(C(C)C)c(OC)cc3C)C(=O)C(=O)N2CCCC)c1. The molecule has 2 aromatic carbocycles. The standard InChI is InChI=1S/C29H35NO5/c1-7-9-13-30-26(20-11-10-12-21(16-20)35-14-8-2)25(28(32)29(30)33)27(31)23-17-22(18(3)4)24(34-6)15-19(23)5/h8,10-12,15-18,26,31H,2,7,9,13-14H2,1,3-6H3/b27-25+. The van der Waals surface area contributed by atoms with Crippen molar-refractivity contribution in [2.24, 2.45) is 0 Å². The molecule has 6 heteroatoms. The molecule has 1 unspecified atom stereocenters. The number of aliphatic hydroxyl groups is 1. The first kappa shape index (κ1) is 26.1. The van der Waals surface area contributed by atoms with Crippen molar-refractivity contribution in [1.29, 1.82) is 0 Å². The lowest BCUT2D eigenvalue weighted by Gasteiger charge is -2.26. The lowest BCUT2D eigenvalue weighted by Crippen LogP contribution is -2.30. The van der Waals surface area contributed by atoms with Crippen LogP contribution >= 0.6 is 0 Å². The quantitative estimate of drug-likeness (QED) is 0.199. The molecule has 1 fully saturated rings. The summed E-state index contributed by atoms with van der Waals surface area (Å²) in [5.74, 6) is 0.0117. The lowest BCUT2D eigenvalue weighted by molar-refractivity contribution is -0.139. The number of likely N-dealkylation sites (tertiary alicyclic amines) is 1. The summed E-state index contributed by atoms with van der Waals surface area (Å²) >= 11 is 0. The molecule has 0 saturated carbocycles. The maximum absolute atomic E-state index is 13.3. The van der Waals surface area contributed by atoms with E-state index in [0.717, 1.165) is 29.7 Å². The van der Waals surface area contributed by atoms with Crippen molar-refractivity contribution in [3.05, 3.63) is 76.9 Å².